The van der Waals surface area contributed by atoms with E-state index in [9.17, 15) is 19.2 Å². The monoisotopic (exact) mass is 319 g/mol. The summed E-state index contributed by atoms with van der Waals surface area (Å²) in [5, 5.41) is 11.4. The van der Waals surface area contributed by atoms with Crippen molar-refractivity contribution in [2.45, 2.75) is 39.3 Å². The smallest absolute Gasteiger partial charge is 0.337 e. The van der Waals surface area contributed by atoms with E-state index in [-0.39, 0.29) is 35.3 Å². The number of carbonyl (C=O) groups excluding carboxylic acids is 3. The van der Waals surface area contributed by atoms with E-state index in [1.807, 2.05) is 0 Å². The van der Waals surface area contributed by atoms with Crippen LogP contribution in [0, 0.1) is 6.92 Å². The number of amides is 3. The summed E-state index contributed by atoms with van der Waals surface area (Å²) in [5.41, 5.74) is 0.193. The molecule has 122 valence electrons. The highest BCUT2D eigenvalue weighted by Gasteiger charge is 2.40. The van der Waals surface area contributed by atoms with Crippen molar-refractivity contribution in [3.8, 4) is 0 Å². The Morgan fingerprint density at radius 1 is 1.35 bits per heavy atom. The summed E-state index contributed by atoms with van der Waals surface area (Å²) in [5.74, 6) is -2.54. The van der Waals surface area contributed by atoms with Gasteiger partial charge in [0.2, 0.25) is 5.91 Å². The van der Waals surface area contributed by atoms with Crippen molar-refractivity contribution >= 4 is 23.7 Å². The van der Waals surface area contributed by atoms with Gasteiger partial charge < -0.3 is 10.4 Å². The van der Waals surface area contributed by atoms with E-state index >= 15 is 0 Å². The van der Waals surface area contributed by atoms with Crippen LogP contribution in [0.25, 0.3) is 0 Å². The van der Waals surface area contributed by atoms with Gasteiger partial charge in [-0.2, -0.15) is 0 Å². The number of aromatic carboxylic acids is 1. The summed E-state index contributed by atoms with van der Waals surface area (Å²) in [7, 11) is 0. The van der Waals surface area contributed by atoms with Crippen molar-refractivity contribution in [3.05, 3.63) is 29.1 Å². The number of aryl methyl sites for hydroxylation is 1. The molecule has 8 heteroatoms. The molecule has 2 N–H and O–H groups in total. The maximum absolute atomic E-state index is 12.2. The van der Waals surface area contributed by atoms with Crippen LogP contribution in [0.3, 0.4) is 0 Å². The average molecular weight is 319 g/mol. The molecule has 0 radical (unpaired) electrons. The molecule has 1 aromatic heterocycles. The summed E-state index contributed by atoms with van der Waals surface area (Å²) in [6, 6.07) is 1.36. The van der Waals surface area contributed by atoms with Crippen LogP contribution < -0.4 is 5.32 Å². The molecule has 0 aromatic carbocycles. The zero-order chi connectivity index (χ0) is 17.3. The lowest BCUT2D eigenvalue weighted by atomic mass is 10.1. The first-order valence-corrected chi connectivity index (χ1v) is 7.10. The molecule has 1 saturated heterocycles. The molecule has 1 atom stereocenters. The number of imide groups is 1. The van der Waals surface area contributed by atoms with Crippen molar-refractivity contribution in [2.24, 2.45) is 0 Å². The number of pyridine rings is 1. The summed E-state index contributed by atoms with van der Waals surface area (Å²) in [6.07, 6.45) is -0.0883. The normalized spacial score (nSPS) is 17.7. The minimum absolute atomic E-state index is 0.000321. The quantitative estimate of drug-likeness (QED) is 0.774. The SMILES string of the molecule is Cc1nc(C(=O)NC2CC(=O)N(C(C)C)C2=O)ccc1C(=O)O. The summed E-state index contributed by atoms with van der Waals surface area (Å²) < 4.78 is 0. The van der Waals surface area contributed by atoms with E-state index in [0.717, 1.165) is 4.90 Å². The number of carboxylic acids is 1. The largest absolute Gasteiger partial charge is 0.478 e. The van der Waals surface area contributed by atoms with Crippen molar-refractivity contribution in [2.75, 3.05) is 0 Å². The van der Waals surface area contributed by atoms with Gasteiger partial charge in [-0.15, -0.1) is 0 Å². The number of rotatable bonds is 4. The van der Waals surface area contributed by atoms with Crippen LogP contribution in [0.15, 0.2) is 12.1 Å². The van der Waals surface area contributed by atoms with Crippen LogP contribution in [-0.2, 0) is 9.59 Å². The Bertz CT molecular complexity index is 698. The predicted molar refractivity (Wildman–Crippen MR) is 78.8 cm³/mol. The maximum Gasteiger partial charge on any atom is 0.337 e. The number of aromatic nitrogens is 1. The second-order valence-corrected chi connectivity index (χ2v) is 5.56. The molecule has 0 bridgehead atoms. The first-order chi connectivity index (χ1) is 10.7. The lowest BCUT2D eigenvalue weighted by Gasteiger charge is -2.19. The van der Waals surface area contributed by atoms with Crippen molar-refractivity contribution < 1.29 is 24.3 Å². The van der Waals surface area contributed by atoms with Gasteiger partial charge in [-0.25, -0.2) is 9.78 Å². The Hall–Kier alpha value is -2.77. The molecule has 2 heterocycles. The number of nitrogens with zero attached hydrogens (tertiary/aromatic N) is 2. The van der Waals surface area contributed by atoms with E-state index in [2.05, 4.69) is 10.3 Å². The second kappa shape index (κ2) is 6.15. The van der Waals surface area contributed by atoms with Gasteiger partial charge in [0.15, 0.2) is 0 Å². The lowest BCUT2D eigenvalue weighted by molar-refractivity contribution is -0.140. The first kappa shape index (κ1) is 16.6. The zero-order valence-electron chi connectivity index (χ0n) is 13.0. The third kappa shape index (κ3) is 3.20. The first-order valence-electron chi connectivity index (χ1n) is 7.10. The third-order valence-corrected chi connectivity index (χ3v) is 3.55. The topological polar surface area (TPSA) is 117 Å². The zero-order valence-corrected chi connectivity index (χ0v) is 13.0. The van der Waals surface area contributed by atoms with Gasteiger partial charge in [0.1, 0.15) is 11.7 Å². The molecule has 3 amide bonds. The summed E-state index contributed by atoms with van der Waals surface area (Å²) in [6.45, 7) is 4.91. The molecule has 1 aliphatic heterocycles. The van der Waals surface area contributed by atoms with Crippen molar-refractivity contribution in [3.63, 3.8) is 0 Å². The summed E-state index contributed by atoms with van der Waals surface area (Å²) >= 11 is 0. The van der Waals surface area contributed by atoms with Crippen LogP contribution in [0.2, 0.25) is 0 Å². The Morgan fingerprint density at radius 3 is 2.48 bits per heavy atom. The number of hydrogen-bond donors (Lipinski definition) is 2. The van der Waals surface area contributed by atoms with Crippen LogP contribution in [0.1, 0.15) is 46.8 Å². The molecule has 2 rings (SSSR count). The number of carboxylic acid groups (broad SMARTS) is 1. The predicted octanol–water partition coefficient (Wildman–Crippen LogP) is 0.354. The molecule has 1 aromatic rings. The molecule has 0 aliphatic carbocycles. The van der Waals surface area contributed by atoms with Gasteiger partial charge in [-0.05, 0) is 32.9 Å². The Kier molecular flexibility index (Phi) is 4.44. The van der Waals surface area contributed by atoms with Crippen LogP contribution >= 0.6 is 0 Å². The van der Waals surface area contributed by atoms with Gasteiger partial charge >= 0.3 is 5.97 Å². The Balaban J connectivity index is 2.14. The lowest BCUT2D eigenvalue weighted by Crippen LogP contribution is -2.44. The Morgan fingerprint density at radius 2 is 2.00 bits per heavy atom. The Labute approximate surface area is 132 Å². The highest BCUT2D eigenvalue weighted by atomic mass is 16.4. The summed E-state index contributed by atoms with van der Waals surface area (Å²) in [4.78, 5) is 52.1. The van der Waals surface area contributed by atoms with E-state index in [4.69, 9.17) is 5.11 Å². The number of likely N-dealkylation sites (tertiary alicyclic amines) is 1. The average Bonchev–Trinajstić information content (AvgIpc) is 2.72. The third-order valence-electron chi connectivity index (χ3n) is 3.55. The van der Waals surface area contributed by atoms with E-state index in [1.54, 1.807) is 13.8 Å². The van der Waals surface area contributed by atoms with Gasteiger partial charge in [0, 0.05) is 6.04 Å². The molecule has 1 unspecified atom stereocenters. The molecule has 8 nitrogen and oxygen atoms in total. The maximum atomic E-state index is 12.2. The van der Waals surface area contributed by atoms with Crippen molar-refractivity contribution in [1.82, 2.24) is 15.2 Å². The molecular formula is C15H17N3O5. The van der Waals surface area contributed by atoms with Crippen LogP contribution in [0.4, 0.5) is 0 Å². The van der Waals surface area contributed by atoms with E-state index < -0.39 is 23.8 Å². The fourth-order valence-corrected chi connectivity index (χ4v) is 2.45. The minimum Gasteiger partial charge on any atom is -0.478 e. The van der Waals surface area contributed by atoms with Crippen LogP contribution in [0.5, 0.6) is 0 Å². The minimum atomic E-state index is -1.13. The second-order valence-electron chi connectivity index (χ2n) is 5.56. The molecule has 1 fully saturated rings. The van der Waals surface area contributed by atoms with Crippen LogP contribution in [-0.4, -0.2) is 50.8 Å². The fraction of sp³-hybridized carbons (Fsp3) is 0.400. The molecule has 23 heavy (non-hydrogen) atoms. The molecular weight excluding hydrogens is 302 g/mol. The van der Waals surface area contributed by atoms with Gasteiger partial charge in [-0.3, -0.25) is 19.3 Å². The van der Waals surface area contributed by atoms with E-state index in [0.29, 0.717) is 0 Å². The molecule has 0 saturated carbocycles. The van der Waals surface area contributed by atoms with E-state index in [1.165, 1.54) is 19.1 Å². The van der Waals surface area contributed by atoms with Gasteiger partial charge in [0.05, 0.1) is 17.7 Å². The number of nitrogens with one attached hydrogen (secondary N) is 1. The number of carbonyl (C=O) groups is 4. The molecule has 0 spiro atoms. The van der Waals surface area contributed by atoms with Crippen molar-refractivity contribution in [1.29, 1.82) is 0 Å². The highest BCUT2D eigenvalue weighted by molar-refractivity contribution is 6.08. The number of hydrogen-bond acceptors (Lipinski definition) is 5. The van der Waals surface area contributed by atoms with Gasteiger partial charge in [0.25, 0.3) is 11.8 Å². The standard InChI is InChI=1S/C15H17N3O5/c1-7(2)18-12(19)6-11(14(18)21)17-13(20)10-5-4-9(15(22)23)8(3)16-10/h4-5,7,11H,6H2,1-3H3,(H,17,20)(H,22,23). The fourth-order valence-electron chi connectivity index (χ4n) is 2.45. The highest BCUT2D eigenvalue weighted by Crippen LogP contribution is 2.16. The molecule has 1 aliphatic rings. The van der Waals surface area contributed by atoms with Gasteiger partial charge in [-0.1, -0.05) is 0 Å².